The summed E-state index contributed by atoms with van der Waals surface area (Å²) in [5.41, 5.74) is 0.205. The lowest BCUT2D eigenvalue weighted by atomic mass is 9.80. The molecule has 2 saturated heterocycles. The van der Waals surface area contributed by atoms with Crippen LogP contribution in [-0.4, -0.2) is 50.8 Å². The molecule has 2 aliphatic rings. The average molecular weight is 225 g/mol. The van der Waals surface area contributed by atoms with Crippen LogP contribution >= 0.6 is 10.7 Å². The minimum absolute atomic E-state index is 0.205. The van der Waals surface area contributed by atoms with Gasteiger partial charge in [-0.15, -0.1) is 0 Å². The van der Waals surface area contributed by atoms with E-state index in [2.05, 4.69) is 4.90 Å². The Morgan fingerprint density at radius 3 is 2.31 bits per heavy atom. The highest BCUT2D eigenvalue weighted by molar-refractivity contribution is 8.11. The lowest BCUT2D eigenvalue weighted by Gasteiger charge is -2.46. The van der Waals surface area contributed by atoms with Crippen LogP contribution in [-0.2, 0) is 9.24 Å². The third-order valence-electron chi connectivity index (χ3n) is 2.92. The zero-order chi connectivity index (χ0) is 9.69. The fraction of sp³-hybridized carbons (Fsp3) is 1.00. The summed E-state index contributed by atoms with van der Waals surface area (Å²) < 4.78 is 23.4. The summed E-state index contributed by atoms with van der Waals surface area (Å²) in [6.45, 7) is 3.18. The fourth-order valence-corrected chi connectivity index (χ4v) is 3.53. The zero-order valence-corrected chi connectivity index (χ0v) is 9.11. The van der Waals surface area contributed by atoms with Crippen LogP contribution in [0.15, 0.2) is 0 Å². The topological polar surface area (TPSA) is 40.6 Å². The van der Waals surface area contributed by atoms with Gasteiger partial charge in [-0.1, -0.05) is 0 Å². The Hall–Kier alpha value is 0.160. The molecule has 2 fully saturated rings. The molecule has 0 unspecified atom stereocenters. The van der Waals surface area contributed by atoms with Crippen molar-refractivity contribution >= 4 is 19.9 Å². The summed E-state index contributed by atoms with van der Waals surface area (Å²) in [6.07, 6.45) is 0.948. The standard InChI is InChI=1S/C7H13ClN2O2S/c1-9-4-7(5-9)2-3-10(6-7)13(8,11)12/h2-6H2,1H3. The maximum atomic E-state index is 11.0. The van der Waals surface area contributed by atoms with Gasteiger partial charge in [-0.05, 0) is 13.5 Å². The number of nitrogens with zero attached hydrogens (tertiary/aromatic N) is 2. The Labute approximate surface area is 83.0 Å². The molecule has 0 radical (unpaired) electrons. The lowest BCUT2D eigenvalue weighted by Crippen LogP contribution is -2.55. The quantitative estimate of drug-likeness (QED) is 0.594. The number of halogens is 1. The molecule has 0 saturated carbocycles. The van der Waals surface area contributed by atoms with E-state index in [1.807, 2.05) is 7.05 Å². The maximum absolute atomic E-state index is 11.0. The van der Waals surface area contributed by atoms with Gasteiger partial charge in [0.15, 0.2) is 0 Å². The second-order valence-electron chi connectivity index (χ2n) is 4.20. The van der Waals surface area contributed by atoms with Gasteiger partial charge in [-0.3, -0.25) is 0 Å². The highest BCUT2D eigenvalue weighted by atomic mass is 35.7. The van der Waals surface area contributed by atoms with Gasteiger partial charge in [-0.2, -0.15) is 12.7 Å². The third kappa shape index (κ3) is 1.70. The molecule has 1 spiro atoms. The molecular weight excluding hydrogens is 212 g/mol. The van der Waals surface area contributed by atoms with E-state index in [4.69, 9.17) is 10.7 Å². The van der Waals surface area contributed by atoms with Crippen molar-refractivity contribution in [2.45, 2.75) is 6.42 Å². The van der Waals surface area contributed by atoms with E-state index in [1.165, 1.54) is 4.31 Å². The molecule has 0 amide bonds. The normalized spacial score (nSPS) is 29.4. The smallest absolute Gasteiger partial charge is 0.299 e. The molecule has 0 bridgehead atoms. The molecule has 76 valence electrons. The minimum Gasteiger partial charge on any atom is -0.305 e. The molecule has 2 heterocycles. The van der Waals surface area contributed by atoms with Crippen molar-refractivity contribution in [3.05, 3.63) is 0 Å². The van der Waals surface area contributed by atoms with Crippen LogP contribution in [0.3, 0.4) is 0 Å². The Bertz CT molecular complexity index is 310. The Kier molecular flexibility index (Phi) is 2.11. The first-order chi connectivity index (χ1) is 5.91. The zero-order valence-electron chi connectivity index (χ0n) is 7.53. The first-order valence-electron chi connectivity index (χ1n) is 4.30. The van der Waals surface area contributed by atoms with E-state index in [0.717, 1.165) is 19.5 Å². The molecule has 2 aliphatic heterocycles. The van der Waals surface area contributed by atoms with Crippen molar-refractivity contribution in [2.24, 2.45) is 5.41 Å². The largest absolute Gasteiger partial charge is 0.305 e. The summed E-state index contributed by atoms with van der Waals surface area (Å²) in [4.78, 5) is 2.20. The van der Waals surface area contributed by atoms with Crippen LogP contribution < -0.4 is 0 Å². The lowest BCUT2D eigenvalue weighted by molar-refractivity contribution is 0.0364. The molecule has 0 aliphatic carbocycles. The van der Waals surface area contributed by atoms with Crippen molar-refractivity contribution < 1.29 is 8.42 Å². The number of hydrogen-bond donors (Lipinski definition) is 0. The van der Waals surface area contributed by atoms with Gasteiger partial charge in [0, 0.05) is 42.3 Å². The van der Waals surface area contributed by atoms with Gasteiger partial charge in [-0.25, -0.2) is 0 Å². The highest BCUT2D eigenvalue weighted by Crippen LogP contribution is 2.39. The Morgan fingerprint density at radius 1 is 1.31 bits per heavy atom. The molecule has 0 N–H and O–H groups in total. The molecule has 13 heavy (non-hydrogen) atoms. The third-order valence-corrected chi connectivity index (χ3v) is 4.44. The average Bonchev–Trinajstić information content (AvgIpc) is 2.29. The monoisotopic (exact) mass is 224 g/mol. The molecule has 0 atom stereocenters. The van der Waals surface area contributed by atoms with E-state index in [-0.39, 0.29) is 5.41 Å². The van der Waals surface area contributed by atoms with Crippen LogP contribution in [0.1, 0.15) is 6.42 Å². The van der Waals surface area contributed by atoms with E-state index >= 15 is 0 Å². The molecule has 0 aromatic heterocycles. The molecular formula is C7H13ClN2O2S. The minimum atomic E-state index is -3.48. The number of likely N-dealkylation sites (tertiary alicyclic amines) is 1. The Balaban J connectivity index is 2.03. The Morgan fingerprint density at radius 2 is 1.92 bits per heavy atom. The summed E-state index contributed by atoms with van der Waals surface area (Å²) in [6, 6.07) is 0. The van der Waals surface area contributed by atoms with Crippen LogP contribution in [0.4, 0.5) is 0 Å². The van der Waals surface area contributed by atoms with Crippen molar-refractivity contribution in [3.63, 3.8) is 0 Å². The van der Waals surface area contributed by atoms with Crippen molar-refractivity contribution in [2.75, 3.05) is 33.2 Å². The van der Waals surface area contributed by atoms with Crippen LogP contribution in [0.5, 0.6) is 0 Å². The van der Waals surface area contributed by atoms with E-state index < -0.39 is 9.24 Å². The predicted molar refractivity (Wildman–Crippen MR) is 50.9 cm³/mol. The van der Waals surface area contributed by atoms with Crippen molar-refractivity contribution in [3.8, 4) is 0 Å². The molecule has 0 aromatic carbocycles. The summed E-state index contributed by atoms with van der Waals surface area (Å²) >= 11 is 0. The number of hydrogen-bond acceptors (Lipinski definition) is 3. The summed E-state index contributed by atoms with van der Waals surface area (Å²) in [7, 11) is 3.83. The second kappa shape index (κ2) is 2.82. The van der Waals surface area contributed by atoms with Gasteiger partial charge in [0.05, 0.1) is 0 Å². The van der Waals surface area contributed by atoms with E-state index in [1.54, 1.807) is 0 Å². The maximum Gasteiger partial charge on any atom is 0.299 e. The van der Waals surface area contributed by atoms with Gasteiger partial charge in [0.25, 0.3) is 9.24 Å². The first-order valence-corrected chi connectivity index (χ1v) is 6.56. The summed E-state index contributed by atoms with van der Waals surface area (Å²) in [5, 5.41) is 0. The van der Waals surface area contributed by atoms with E-state index in [9.17, 15) is 8.42 Å². The highest BCUT2D eigenvalue weighted by Gasteiger charge is 2.48. The van der Waals surface area contributed by atoms with Crippen molar-refractivity contribution in [1.29, 1.82) is 0 Å². The molecule has 4 nitrogen and oxygen atoms in total. The van der Waals surface area contributed by atoms with Crippen LogP contribution in [0.25, 0.3) is 0 Å². The number of rotatable bonds is 1. The van der Waals surface area contributed by atoms with Crippen molar-refractivity contribution in [1.82, 2.24) is 9.21 Å². The first kappa shape index (κ1) is 9.71. The second-order valence-corrected chi connectivity index (χ2v) is 6.71. The SMILES string of the molecule is CN1CC2(CCN(S(=O)(=O)Cl)C2)C1. The molecule has 2 rings (SSSR count). The van der Waals surface area contributed by atoms with Gasteiger partial charge in [0.1, 0.15) is 0 Å². The fourth-order valence-electron chi connectivity index (χ4n) is 2.44. The van der Waals surface area contributed by atoms with Crippen LogP contribution in [0, 0.1) is 5.41 Å². The van der Waals surface area contributed by atoms with Gasteiger partial charge >= 0.3 is 0 Å². The van der Waals surface area contributed by atoms with E-state index in [0.29, 0.717) is 13.1 Å². The van der Waals surface area contributed by atoms with Crippen LogP contribution in [0.2, 0.25) is 0 Å². The molecule has 0 aromatic rings. The summed E-state index contributed by atoms with van der Waals surface area (Å²) in [5.74, 6) is 0. The predicted octanol–water partition coefficient (Wildman–Crippen LogP) is 0.107. The molecule has 6 heteroatoms. The van der Waals surface area contributed by atoms with Gasteiger partial charge < -0.3 is 4.90 Å². The van der Waals surface area contributed by atoms with Gasteiger partial charge in [0.2, 0.25) is 0 Å².